The fourth-order valence-corrected chi connectivity index (χ4v) is 2.24. The summed E-state index contributed by atoms with van der Waals surface area (Å²) in [4.78, 5) is 18.7. The number of amides is 1. The quantitative estimate of drug-likeness (QED) is 0.832. The number of hydrogen-bond donors (Lipinski definition) is 1. The molecule has 1 amide bonds. The Balaban J connectivity index is 0.00000242. The van der Waals surface area contributed by atoms with Gasteiger partial charge in [0.2, 0.25) is 0 Å². The SMILES string of the molecule is CCCN(CCc1ccccn1)C(=O)c1ccccc1N.Cl. The zero-order chi connectivity index (χ0) is 15.1. The first-order valence-electron chi connectivity index (χ1n) is 7.26. The number of halogens is 1. The molecule has 0 unspecified atom stereocenters. The summed E-state index contributed by atoms with van der Waals surface area (Å²) in [6.45, 7) is 3.44. The third-order valence-electron chi connectivity index (χ3n) is 3.34. The van der Waals surface area contributed by atoms with Gasteiger partial charge in [-0.15, -0.1) is 12.4 Å². The molecular formula is C17H22ClN3O. The minimum absolute atomic E-state index is 0. The van der Waals surface area contributed by atoms with Gasteiger partial charge < -0.3 is 10.6 Å². The van der Waals surface area contributed by atoms with E-state index >= 15 is 0 Å². The Hall–Kier alpha value is -2.07. The van der Waals surface area contributed by atoms with Crippen molar-refractivity contribution < 1.29 is 4.79 Å². The number of nitrogens with zero attached hydrogens (tertiary/aromatic N) is 2. The van der Waals surface area contributed by atoms with Crippen LogP contribution in [0.1, 0.15) is 29.4 Å². The van der Waals surface area contributed by atoms with Gasteiger partial charge in [-0.2, -0.15) is 0 Å². The van der Waals surface area contributed by atoms with Crippen molar-refractivity contribution >= 4 is 24.0 Å². The zero-order valence-electron chi connectivity index (χ0n) is 12.7. The third kappa shape index (κ3) is 4.74. The number of rotatable bonds is 6. The molecule has 4 nitrogen and oxygen atoms in total. The van der Waals surface area contributed by atoms with Gasteiger partial charge in [0.25, 0.3) is 5.91 Å². The highest BCUT2D eigenvalue weighted by molar-refractivity contribution is 5.99. The molecule has 0 atom stereocenters. The summed E-state index contributed by atoms with van der Waals surface area (Å²) >= 11 is 0. The average molecular weight is 320 g/mol. The Bertz CT molecular complexity index is 589. The maximum Gasteiger partial charge on any atom is 0.255 e. The summed E-state index contributed by atoms with van der Waals surface area (Å²) in [5, 5.41) is 0. The van der Waals surface area contributed by atoms with Crippen molar-refractivity contribution in [3.63, 3.8) is 0 Å². The molecule has 0 saturated carbocycles. The summed E-state index contributed by atoms with van der Waals surface area (Å²) in [5.41, 5.74) is 8.00. The summed E-state index contributed by atoms with van der Waals surface area (Å²) in [6, 6.07) is 13.0. The van der Waals surface area contributed by atoms with Crippen molar-refractivity contribution in [1.29, 1.82) is 0 Å². The van der Waals surface area contributed by atoms with E-state index in [1.54, 1.807) is 18.3 Å². The van der Waals surface area contributed by atoms with E-state index in [1.165, 1.54) is 0 Å². The van der Waals surface area contributed by atoms with Gasteiger partial charge in [0.1, 0.15) is 0 Å². The average Bonchev–Trinajstić information content (AvgIpc) is 2.52. The van der Waals surface area contributed by atoms with Crippen LogP contribution in [0, 0.1) is 0 Å². The summed E-state index contributed by atoms with van der Waals surface area (Å²) in [6.07, 6.45) is 3.44. The van der Waals surface area contributed by atoms with Crippen LogP contribution in [0.2, 0.25) is 0 Å². The molecule has 5 heteroatoms. The van der Waals surface area contributed by atoms with E-state index in [0.717, 1.165) is 25.1 Å². The van der Waals surface area contributed by atoms with E-state index in [9.17, 15) is 4.79 Å². The molecule has 0 aliphatic rings. The first-order chi connectivity index (χ1) is 10.2. The lowest BCUT2D eigenvalue weighted by Gasteiger charge is -2.22. The Morgan fingerprint density at radius 2 is 1.86 bits per heavy atom. The van der Waals surface area contributed by atoms with Crippen molar-refractivity contribution in [2.75, 3.05) is 18.8 Å². The van der Waals surface area contributed by atoms with Crippen LogP contribution in [0.3, 0.4) is 0 Å². The number of benzene rings is 1. The van der Waals surface area contributed by atoms with Gasteiger partial charge in [-0.3, -0.25) is 9.78 Å². The van der Waals surface area contributed by atoms with Gasteiger partial charge in [-0.25, -0.2) is 0 Å². The number of hydrogen-bond acceptors (Lipinski definition) is 3. The number of aromatic nitrogens is 1. The van der Waals surface area contributed by atoms with E-state index in [4.69, 9.17) is 5.73 Å². The van der Waals surface area contributed by atoms with Crippen molar-refractivity contribution in [1.82, 2.24) is 9.88 Å². The van der Waals surface area contributed by atoms with Crippen LogP contribution in [0.5, 0.6) is 0 Å². The predicted octanol–water partition coefficient (Wildman–Crippen LogP) is 3.18. The van der Waals surface area contributed by atoms with Gasteiger partial charge in [-0.1, -0.05) is 25.1 Å². The van der Waals surface area contributed by atoms with Crippen molar-refractivity contribution in [3.05, 3.63) is 59.9 Å². The first-order valence-corrected chi connectivity index (χ1v) is 7.26. The minimum Gasteiger partial charge on any atom is -0.398 e. The number of anilines is 1. The molecule has 118 valence electrons. The summed E-state index contributed by atoms with van der Waals surface area (Å²) < 4.78 is 0. The lowest BCUT2D eigenvalue weighted by atomic mass is 10.1. The molecule has 1 aromatic carbocycles. The maximum atomic E-state index is 12.6. The normalized spacial score (nSPS) is 9.86. The van der Waals surface area contributed by atoms with Gasteiger partial charge >= 0.3 is 0 Å². The molecule has 0 bridgehead atoms. The number of pyridine rings is 1. The molecule has 22 heavy (non-hydrogen) atoms. The van der Waals surface area contributed by atoms with Crippen molar-refractivity contribution in [2.24, 2.45) is 0 Å². The lowest BCUT2D eigenvalue weighted by Crippen LogP contribution is -2.34. The zero-order valence-corrected chi connectivity index (χ0v) is 13.6. The smallest absolute Gasteiger partial charge is 0.255 e. The van der Waals surface area contributed by atoms with E-state index in [1.807, 2.05) is 35.2 Å². The standard InChI is InChI=1S/C17H21N3O.ClH/c1-2-12-20(13-10-14-7-5-6-11-19-14)17(21)15-8-3-4-9-16(15)18;/h3-9,11H,2,10,12-13,18H2,1H3;1H. The van der Waals surface area contributed by atoms with Crippen LogP contribution in [-0.2, 0) is 6.42 Å². The second-order valence-corrected chi connectivity index (χ2v) is 4.95. The minimum atomic E-state index is -0.00844. The number of nitrogens with two attached hydrogens (primary N) is 1. The highest BCUT2D eigenvalue weighted by Gasteiger charge is 2.17. The van der Waals surface area contributed by atoms with Gasteiger partial charge in [0.05, 0.1) is 5.56 Å². The molecule has 2 aromatic rings. The number of carbonyl (C=O) groups excluding carboxylic acids is 1. The predicted molar refractivity (Wildman–Crippen MR) is 92.2 cm³/mol. The number of nitrogen functional groups attached to an aromatic ring is 1. The molecule has 0 saturated heterocycles. The molecule has 0 radical (unpaired) electrons. The first kappa shape index (κ1) is 18.0. The Morgan fingerprint density at radius 1 is 1.14 bits per heavy atom. The van der Waals surface area contributed by atoms with Crippen LogP contribution < -0.4 is 5.73 Å². The number of carbonyl (C=O) groups is 1. The Kier molecular flexibility index (Phi) is 7.40. The van der Waals surface area contributed by atoms with E-state index < -0.39 is 0 Å². The van der Waals surface area contributed by atoms with Crippen molar-refractivity contribution in [2.45, 2.75) is 19.8 Å². The van der Waals surface area contributed by atoms with E-state index in [-0.39, 0.29) is 18.3 Å². The fraction of sp³-hybridized carbons (Fsp3) is 0.294. The topological polar surface area (TPSA) is 59.2 Å². The van der Waals surface area contributed by atoms with Gasteiger partial charge in [-0.05, 0) is 30.7 Å². The molecule has 0 spiro atoms. The van der Waals surface area contributed by atoms with Crippen molar-refractivity contribution in [3.8, 4) is 0 Å². The molecule has 2 rings (SSSR count). The van der Waals surface area contributed by atoms with Crippen LogP contribution in [0.25, 0.3) is 0 Å². The van der Waals surface area contributed by atoms with Crippen LogP contribution in [0.4, 0.5) is 5.69 Å². The third-order valence-corrected chi connectivity index (χ3v) is 3.34. The molecule has 0 aliphatic carbocycles. The largest absolute Gasteiger partial charge is 0.398 e. The second-order valence-electron chi connectivity index (χ2n) is 4.95. The highest BCUT2D eigenvalue weighted by atomic mass is 35.5. The molecule has 1 heterocycles. The lowest BCUT2D eigenvalue weighted by molar-refractivity contribution is 0.0758. The van der Waals surface area contributed by atoms with Crippen LogP contribution >= 0.6 is 12.4 Å². The molecule has 0 fully saturated rings. The van der Waals surface area contributed by atoms with Crippen LogP contribution in [0.15, 0.2) is 48.7 Å². The fourth-order valence-electron chi connectivity index (χ4n) is 2.24. The monoisotopic (exact) mass is 319 g/mol. The summed E-state index contributed by atoms with van der Waals surface area (Å²) in [7, 11) is 0. The Morgan fingerprint density at radius 3 is 2.50 bits per heavy atom. The van der Waals surface area contributed by atoms with Gasteiger partial charge in [0.15, 0.2) is 0 Å². The van der Waals surface area contributed by atoms with Gasteiger partial charge in [0, 0.05) is 37.1 Å². The van der Waals surface area contributed by atoms with E-state index in [2.05, 4.69) is 11.9 Å². The van der Waals surface area contributed by atoms with Crippen LogP contribution in [-0.4, -0.2) is 28.9 Å². The maximum absolute atomic E-state index is 12.6. The highest BCUT2D eigenvalue weighted by Crippen LogP contribution is 2.14. The molecule has 1 aromatic heterocycles. The van der Waals surface area contributed by atoms with E-state index in [0.29, 0.717) is 17.8 Å². The summed E-state index contributed by atoms with van der Waals surface area (Å²) in [5.74, 6) is -0.00844. The second kappa shape index (κ2) is 9.05. The molecule has 2 N–H and O–H groups in total. The molecular weight excluding hydrogens is 298 g/mol. The number of para-hydroxylation sites is 1. The molecule has 0 aliphatic heterocycles. The Labute approximate surface area is 137 Å².